The second-order valence-electron chi connectivity index (χ2n) is 2.05. The minimum atomic E-state index is -0.282. The van der Waals surface area contributed by atoms with Crippen LogP contribution in [0.5, 0.6) is 0 Å². The maximum Gasteiger partial charge on any atom is 0.109 e. The number of aliphatic hydroxyl groups is 1. The van der Waals surface area contributed by atoms with E-state index in [2.05, 4.69) is 0 Å². The molecule has 0 radical (unpaired) electrons. The van der Waals surface area contributed by atoms with Crippen molar-refractivity contribution in [2.45, 2.75) is 32.2 Å². The van der Waals surface area contributed by atoms with Crippen molar-refractivity contribution in [3.8, 4) is 0 Å². The highest BCUT2D eigenvalue weighted by atomic mass is 16.6. The fourth-order valence-corrected chi connectivity index (χ4v) is 0.708. The summed E-state index contributed by atoms with van der Waals surface area (Å²) in [5, 5.41) is 8.74. The third kappa shape index (κ3) is 0.924. The highest BCUT2D eigenvalue weighted by Crippen LogP contribution is 2.23. The molecular formula is C5H10O2. The van der Waals surface area contributed by atoms with E-state index in [0.717, 1.165) is 0 Å². The first kappa shape index (κ1) is 5.06. The van der Waals surface area contributed by atoms with Crippen molar-refractivity contribution in [3.05, 3.63) is 0 Å². The van der Waals surface area contributed by atoms with Crippen LogP contribution in [-0.2, 0) is 4.74 Å². The van der Waals surface area contributed by atoms with Gasteiger partial charge in [-0.1, -0.05) is 0 Å². The quantitative estimate of drug-likeness (QED) is 0.478. The topological polar surface area (TPSA) is 32.8 Å². The van der Waals surface area contributed by atoms with Crippen molar-refractivity contribution in [1.29, 1.82) is 0 Å². The van der Waals surface area contributed by atoms with Gasteiger partial charge in [-0.15, -0.1) is 0 Å². The fourth-order valence-electron chi connectivity index (χ4n) is 0.708. The first-order valence-electron chi connectivity index (χ1n) is 2.55. The molecule has 7 heavy (non-hydrogen) atoms. The Kier molecular flexibility index (Phi) is 1.05. The van der Waals surface area contributed by atoms with Crippen LogP contribution in [0.2, 0.25) is 0 Å². The van der Waals surface area contributed by atoms with Gasteiger partial charge in [0.1, 0.15) is 6.10 Å². The Labute approximate surface area is 43.1 Å². The van der Waals surface area contributed by atoms with Crippen molar-refractivity contribution < 1.29 is 9.84 Å². The summed E-state index contributed by atoms with van der Waals surface area (Å²) in [6, 6.07) is 0. The summed E-state index contributed by atoms with van der Waals surface area (Å²) in [5.74, 6) is 0. The van der Waals surface area contributed by atoms with Gasteiger partial charge in [-0.2, -0.15) is 0 Å². The number of epoxide rings is 1. The molecule has 1 aliphatic rings. The lowest BCUT2D eigenvalue weighted by Crippen LogP contribution is -2.09. The monoisotopic (exact) mass is 102 g/mol. The predicted octanol–water partition coefficient (Wildman–Crippen LogP) is 0.154. The Morgan fingerprint density at radius 3 is 2.14 bits per heavy atom. The molecule has 0 unspecified atom stereocenters. The smallest absolute Gasteiger partial charge is 0.109 e. The standard InChI is InChI=1S/C5H10O2/c1-3(6)5-4(2)7-5/h3-6H,1-2H3/t3-,4+,5+/m1/s1. The van der Waals surface area contributed by atoms with Gasteiger partial charge in [0.25, 0.3) is 0 Å². The molecule has 3 atom stereocenters. The van der Waals surface area contributed by atoms with E-state index in [-0.39, 0.29) is 12.2 Å². The lowest BCUT2D eigenvalue weighted by molar-refractivity contribution is 0.152. The summed E-state index contributed by atoms with van der Waals surface area (Å²) in [4.78, 5) is 0. The lowest BCUT2D eigenvalue weighted by Gasteiger charge is -1.92. The number of hydrogen-bond acceptors (Lipinski definition) is 2. The average molecular weight is 102 g/mol. The molecule has 0 aromatic rings. The third-order valence-electron chi connectivity index (χ3n) is 1.23. The molecule has 0 aromatic carbocycles. The SMILES string of the molecule is C[C@@H]1O[C@H]1[C@@H](C)O. The molecule has 2 heteroatoms. The maximum atomic E-state index is 8.74. The second kappa shape index (κ2) is 1.46. The molecular weight excluding hydrogens is 92.1 g/mol. The van der Waals surface area contributed by atoms with E-state index in [0.29, 0.717) is 6.10 Å². The number of aliphatic hydroxyl groups excluding tert-OH is 1. The molecule has 1 N–H and O–H groups in total. The lowest BCUT2D eigenvalue weighted by atomic mass is 10.2. The summed E-state index contributed by atoms with van der Waals surface area (Å²) in [6.45, 7) is 3.70. The zero-order valence-corrected chi connectivity index (χ0v) is 4.59. The summed E-state index contributed by atoms with van der Waals surface area (Å²) in [5.41, 5.74) is 0. The maximum absolute atomic E-state index is 8.74. The first-order valence-corrected chi connectivity index (χ1v) is 2.55. The first-order chi connectivity index (χ1) is 3.22. The van der Waals surface area contributed by atoms with Crippen molar-refractivity contribution in [3.63, 3.8) is 0 Å². The molecule has 42 valence electrons. The third-order valence-corrected chi connectivity index (χ3v) is 1.23. The van der Waals surface area contributed by atoms with Gasteiger partial charge < -0.3 is 9.84 Å². The summed E-state index contributed by atoms with van der Waals surface area (Å²) < 4.78 is 4.93. The van der Waals surface area contributed by atoms with Crippen LogP contribution in [0.3, 0.4) is 0 Å². The van der Waals surface area contributed by atoms with Gasteiger partial charge in [-0.05, 0) is 13.8 Å². The molecule has 1 rings (SSSR count). The van der Waals surface area contributed by atoms with E-state index < -0.39 is 0 Å². The van der Waals surface area contributed by atoms with Crippen LogP contribution < -0.4 is 0 Å². The van der Waals surface area contributed by atoms with Gasteiger partial charge in [0, 0.05) is 0 Å². The summed E-state index contributed by atoms with van der Waals surface area (Å²) >= 11 is 0. The van der Waals surface area contributed by atoms with Crippen LogP contribution in [0.25, 0.3) is 0 Å². The fraction of sp³-hybridized carbons (Fsp3) is 1.00. The minimum absolute atomic E-state index is 0.125. The van der Waals surface area contributed by atoms with E-state index in [4.69, 9.17) is 9.84 Å². The average Bonchev–Trinajstić information content (AvgIpc) is 2.17. The van der Waals surface area contributed by atoms with Crippen molar-refractivity contribution in [2.24, 2.45) is 0 Å². The minimum Gasteiger partial charge on any atom is -0.391 e. The zero-order chi connectivity index (χ0) is 5.44. The van der Waals surface area contributed by atoms with E-state index in [1.54, 1.807) is 6.92 Å². The Hall–Kier alpha value is -0.0800. The van der Waals surface area contributed by atoms with Gasteiger partial charge >= 0.3 is 0 Å². The molecule has 0 amide bonds. The number of rotatable bonds is 1. The molecule has 0 aromatic heterocycles. The van der Waals surface area contributed by atoms with E-state index >= 15 is 0 Å². The number of hydrogen-bond donors (Lipinski definition) is 1. The molecule has 0 saturated carbocycles. The molecule has 1 fully saturated rings. The summed E-state index contributed by atoms with van der Waals surface area (Å²) in [7, 11) is 0. The highest BCUT2D eigenvalue weighted by Gasteiger charge is 2.37. The molecule has 0 bridgehead atoms. The summed E-state index contributed by atoms with van der Waals surface area (Å²) in [6.07, 6.45) is 0.134. The van der Waals surface area contributed by atoms with Gasteiger partial charge in [0.15, 0.2) is 0 Å². The zero-order valence-electron chi connectivity index (χ0n) is 4.59. The molecule has 2 nitrogen and oxygen atoms in total. The molecule has 0 spiro atoms. The Balaban J connectivity index is 2.20. The van der Waals surface area contributed by atoms with Gasteiger partial charge in [0.05, 0.1) is 12.2 Å². The van der Waals surface area contributed by atoms with E-state index in [1.807, 2.05) is 6.92 Å². The Bertz CT molecular complexity index is 70.5. The van der Waals surface area contributed by atoms with Crippen LogP contribution in [-0.4, -0.2) is 23.4 Å². The predicted molar refractivity (Wildman–Crippen MR) is 26.0 cm³/mol. The van der Waals surface area contributed by atoms with Crippen molar-refractivity contribution in [2.75, 3.05) is 0 Å². The van der Waals surface area contributed by atoms with E-state index in [1.165, 1.54) is 0 Å². The van der Waals surface area contributed by atoms with Crippen molar-refractivity contribution >= 4 is 0 Å². The van der Waals surface area contributed by atoms with Crippen LogP contribution in [0, 0.1) is 0 Å². The largest absolute Gasteiger partial charge is 0.391 e. The Morgan fingerprint density at radius 1 is 1.71 bits per heavy atom. The molecule has 0 aliphatic carbocycles. The van der Waals surface area contributed by atoms with Gasteiger partial charge in [-0.3, -0.25) is 0 Å². The second-order valence-corrected chi connectivity index (χ2v) is 2.05. The van der Waals surface area contributed by atoms with Crippen LogP contribution in [0.15, 0.2) is 0 Å². The van der Waals surface area contributed by atoms with E-state index in [9.17, 15) is 0 Å². The van der Waals surface area contributed by atoms with Gasteiger partial charge in [0.2, 0.25) is 0 Å². The Morgan fingerprint density at radius 2 is 2.14 bits per heavy atom. The van der Waals surface area contributed by atoms with Crippen LogP contribution in [0.1, 0.15) is 13.8 Å². The molecule has 1 aliphatic heterocycles. The number of ether oxygens (including phenoxy) is 1. The van der Waals surface area contributed by atoms with Crippen LogP contribution in [0.4, 0.5) is 0 Å². The molecule has 1 saturated heterocycles. The molecule has 1 heterocycles. The highest BCUT2D eigenvalue weighted by molar-refractivity contribution is 4.84. The van der Waals surface area contributed by atoms with Crippen molar-refractivity contribution in [1.82, 2.24) is 0 Å². The van der Waals surface area contributed by atoms with Gasteiger partial charge in [-0.25, -0.2) is 0 Å². The van der Waals surface area contributed by atoms with Crippen LogP contribution >= 0.6 is 0 Å². The normalized spacial score (nSPS) is 43.3.